The van der Waals surface area contributed by atoms with Crippen LogP contribution in [0.2, 0.25) is 5.02 Å². The Morgan fingerprint density at radius 2 is 2.16 bits per heavy atom. The number of piperazine rings is 1. The van der Waals surface area contributed by atoms with Crippen molar-refractivity contribution < 1.29 is 9.59 Å². The average Bonchev–Trinajstić information content (AvgIpc) is 2.60. The predicted octanol–water partition coefficient (Wildman–Crippen LogP) is 1.55. The van der Waals surface area contributed by atoms with Gasteiger partial charge in [-0.15, -0.1) is 11.8 Å². The second kappa shape index (κ2) is 8.89. The lowest BCUT2D eigenvalue weighted by atomic mass is 10.2. The van der Waals surface area contributed by atoms with Crippen molar-refractivity contribution in [2.45, 2.75) is 23.0 Å². The van der Waals surface area contributed by atoms with Gasteiger partial charge in [0.05, 0.1) is 10.9 Å². The fourth-order valence-corrected chi connectivity index (χ4v) is 4.23. The summed E-state index contributed by atoms with van der Waals surface area (Å²) in [6, 6.07) is 5.40. The smallest absolute Gasteiger partial charge is 0.238 e. The minimum atomic E-state index is -0.401. The third-order valence-electron chi connectivity index (χ3n) is 4.31. The number of carbonyl (C=O) groups excluding carboxylic acids is 2. The summed E-state index contributed by atoms with van der Waals surface area (Å²) in [5, 5.41) is 9.26. The number of hydrogen-bond donors (Lipinski definition) is 3. The molecule has 2 aliphatic rings. The third-order valence-corrected chi connectivity index (χ3v) is 5.83. The fourth-order valence-electron chi connectivity index (χ4n) is 2.96. The molecule has 8 heteroatoms. The molecular formula is C17H23ClN4O2S. The number of anilines is 1. The number of rotatable bonds is 6. The van der Waals surface area contributed by atoms with E-state index in [0.29, 0.717) is 11.6 Å². The van der Waals surface area contributed by atoms with Gasteiger partial charge in [-0.2, -0.15) is 0 Å². The number of fused-ring (bicyclic) bond motifs is 1. The molecule has 3 rings (SSSR count). The summed E-state index contributed by atoms with van der Waals surface area (Å²) in [5.41, 5.74) is 0.718. The highest BCUT2D eigenvalue weighted by Crippen LogP contribution is 2.38. The number of amides is 2. The monoisotopic (exact) mass is 382 g/mol. The van der Waals surface area contributed by atoms with E-state index in [2.05, 4.69) is 20.9 Å². The zero-order valence-electron chi connectivity index (χ0n) is 14.0. The summed E-state index contributed by atoms with van der Waals surface area (Å²) in [6.45, 7) is 5.84. The van der Waals surface area contributed by atoms with E-state index >= 15 is 0 Å². The van der Waals surface area contributed by atoms with Crippen molar-refractivity contribution in [2.24, 2.45) is 0 Å². The Bertz CT molecular complexity index is 637. The van der Waals surface area contributed by atoms with Crippen LogP contribution in [0.1, 0.15) is 12.8 Å². The lowest BCUT2D eigenvalue weighted by molar-refractivity contribution is -0.124. The number of nitrogens with zero attached hydrogens (tertiary/aromatic N) is 1. The Morgan fingerprint density at radius 1 is 1.36 bits per heavy atom. The molecule has 1 unspecified atom stereocenters. The molecule has 1 saturated heterocycles. The molecule has 6 nitrogen and oxygen atoms in total. The normalized spacial score (nSPS) is 20.7. The van der Waals surface area contributed by atoms with Crippen molar-refractivity contribution >= 4 is 40.9 Å². The van der Waals surface area contributed by atoms with Crippen LogP contribution >= 0.6 is 23.4 Å². The van der Waals surface area contributed by atoms with Crippen LogP contribution in [0.3, 0.4) is 0 Å². The molecule has 0 aliphatic carbocycles. The van der Waals surface area contributed by atoms with Crippen molar-refractivity contribution in [3.63, 3.8) is 0 Å². The summed E-state index contributed by atoms with van der Waals surface area (Å²) in [7, 11) is 0. The highest BCUT2D eigenvalue weighted by atomic mass is 35.5. The number of hydrogen-bond acceptors (Lipinski definition) is 5. The molecule has 1 aromatic rings. The molecule has 1 aromatic carbocycles. The molecule has 0 bridgehead atoms. The van der Waals surface area contributed by atoms with E-state index in [1.165, 1.54) is 11.8 Å². The molecule has 2 amide bonds. The summed E-state index contributed by atoms with van der Waals surface area (Å²) < 4.78 is 0. The second-order valence-corrected chi connectivity index (χ2v) is 7.92. The van der Waals surface area contributed by atoms with Crippen molar-refractivity contribution in [3.05, 3.63) is 23.2 Å². The van der Waals surface area contributed by atoms with E-state index in [9.17, 15) is 9.59 Å². The highest BCUT2D eigenvalue weighted by Gasteiger charge is 2.29. The molecule has 0 saturated carbocycles. The number of halogens is 1. The lowest BCUT2D eigenvalue weighted by Gasteiger charge is -2.27. The van der Waals surface area contributed by atoms with Gasteiger partial charge in [0, 0.05) is 49.1 Å². The van der Waals surface area contributed by atoms with Crippen molar-refractivity contribution in [1.29, 1.82) is 0 Å². The summed E-state index contributed by atoms with van der Waals surface area (Å²) in [5.74, 6) is -0.221. The van der Waals surface area contributed by atoms with Gasteiger partial charge < -0.3 is 20.9 Å². The SMILES string of the molecule is O=C(CC1Sc2ccc(Cl)cc2NC1=O)NCCCN1CCNCC1. The molecule has 0 spiro atoms. The van der Waals surface area contributed by atoms with E-state index < -0.39 is 5.25 Å². The van der Waals surface area contributed by atoms with Gasteiger partial charge in [-0.25, -0.2) is 0 Å². The molecule has 25 heavy (non-hydrogen) atoms. The number of thioether (sulfide) groups is 1. The molecule has 1 atom stereocenters. The lowest BCUT2D eigenvalue weighted by Crippen LogP contribution is -2.44. The van der Waals surface area contributed by atoms with Crippen LogP contribution in [0.15, 0.2) is 23.1 Å². The highest BCUT2D eigenvalue weighted by molar-refractivity contribution is 8.01. The van der Waals surface area contributed by atoms with Gasteiger partial charge in [-0.05, 0) is 31.2 Å². The van der Waals surface area contributed by atoms with E-state index in [1.807, 2.05) is 6.07 Å². The van der Waals surface area contributed by atoms with Gasteiger partial charge in [0.2, 0.25) is 11.8 Å². The maximum atomic E-state index is 12.2. The van der Waals surface area contributed by atoms with Crippen LogP contribution in [0, 0.1) is 0 Å². The summed E-state index contributed by atoms with van der Waals surface area (Å²) in [4.78, 5) is 27.6. The standard InChI is InChI=1S/C17H23ClN4O2S/c18-12-2-3-14-13(10-12)21-17(24)15(25-14)11-16(23)20-4-1-7-22-8-5-19-6-9-22/h2-3,10,15,19H,1,4-9,11H2,(H,20,23)(H,21,24). The first-order valence-electron chi connectivity index (χ1n) is 8.58. The summed E-state index contributed by atoms with van der Waals surface area (Å²) >= 11 is 7.36. The van der Waals surface area contributed by atoms with Crippen LogP contribution in [0.5, 0.6) is 0 Å². The van der Waals surface area contributed by atoms with Gasteiger partial charge in [0.1, 0.15) is 0 Å². The first-order chi connectivity index (χ1) is 12.1. The van der Waals surface area contributed by atoms with E-state index in [4.69, 9.17) is 11.6 Å². The second-order valence-electron chi connectivity index (χ2n) is 6.24. The van der Waals surface area contributed by atoms with Gasteiger partial charge in [0.15, 0.2) is 0 Å². The van der Waals surface area contributed by atoms with Gasteiger partial charge in [0.25, 0.3) is 0 Å². The van der Waals surface area contributed by atoms with Crippen LogP contribution in [-0.4, -0.2) is 61.2 Å². The maximum absolute atomic E-state index is 12.2. The molecule has 0 aromatic heterocycles. The topological polar surface area (TPSA) is 73.5 Å². The van der Waals surface area contributed by atoms with Gasteiger partial charge in [-0.1, -0.05) is 11.6 Å². The van der Waals surface area contributed by atoms with E-state index in [-0.39, 0.29) is 18.2 Å². The molecule has 2 heterocycles. The number of carbonyl (C=O) groups is 2. The van der Waals surface area contributed by atoms with E-state index in [1.54, 1.807) is 12.1 Å². The first-order valence-corrected chi connectivity index (χ1v) is 9.84. The van der Waals surface area contributed by atoms with Crippen molar-refractivity contribution in [3.8, 4) is 0 Å². The fraction of sp³-hybridized carbons (Fsp3) is 0.529. The Hall–Kier alpha value is -1.28. The Morgan fingerprint density at radius 3 is 2.96 bits per heavy atom. The number of nitrogens with one attached hydrogen (secondary N) is 3. The van der Waals surface area contributed by atoms with Gasteiger partial charge >= 0.3 is 0 Å². The van der Waals surface area contributed by atoms with Crippen molar-refractivity contribution in [2.75, 3.05) is 44.6 Å². The minimum Gasteiger partial charge on any atom is -0.356 e. The summed E-state index contributed by atoms with van der Waals surface area (Å²) in [6.07, 6.45) is 1.11. The maximum Gasteiger partial charge on any atom is 0.238 e. The van der Waals surface area contributed by atoms with E-state index in [0.717, 1.165) is 49.7 Å². The zero-order chi connectivity index (χ0) is 17.6. The molecular weight excluding hydrogens is 360 g/mol. The van der Waals surface area contributed by atoms with Crippen LogP contribution in [0.4, 0.5) is 5.69 Å². The van der Waals surface area contributed by atoms with Crippen molar-refractivity contribution in [1.82, 2.24) is 15.5 Å². The molecule has 136 valence electrons. The minimum absolute atomic E-state index is 0.0784. The van der Waals surface area contributed by atoms with Crippen LogP contribution in [0.25, 0.3) is 0 Å². The predicted molar refractivity (Wildman–Crippen MR) is 101 cm³/mol. The quantitative estimate of drug-likeness (QED) is 0.651. The van der Waals surface area contributed by atoms with Gasteiger partial charge in [-0.3, -0.25) is 9.59 Å². The third kappa shape index (κ3) is 5.34. The molecule has 2 aliphatic heterocycles. The molecule has 1 fully saturated rings. The Kier molecular flexibility index (Phi) is 6.58. The average molecular weight is 383 g/mol. The largest absolute Gasteiger partial charge is 0.356 e. The van der Waals surface area contributed by atoms with Crippen LogP contribution < -0.4 is 16.0 Å². The molecule has 0 radical (unpaired) electrons. The zero-order valence-corrected chi connectivity index (χ0v) is 15.6. The van der Waals surface area contributed by atoms with Crippen LogP contribution in [-0.2, 0) is 9.59 Å². The number of benzene rings is 1. The Balaban J connectivity index is 1.40. The Labute approximate surface area is 157 Å². The molecule has 3 N–H and O–H groups in total. The first kappa shape index (κ1) is 18.5.